The van der Waals surface area contributed by atoms with Crippen molar-refractivity contribution in [2.45, 2.75) is 13.8 Å². The Morgan fingerprint density at radius 1 is 1.33 bits per heavy atom. The molecular formula is C14H13N9O4. The highest BCUT2D eigenvalue weighted by Gasteiger charge is 2.20. The molecule has 1 aromatic carbocycles. The molecule has 13 heteroatoms. The number of nitro groups is 1. The Labute approximate surface area is 151 Å². The Morgan fingerprint density at radius 2 is 2.04 bits per heavy atom. The summed E-state index contributed by atoms with van der Waals surface area (Å²) in [4.78, 5) is 22.5. The zero-order valence-corrected chi connectivity index (χ0v) is 14.2. The first kappa shape index (κ1) is 17.7. The molecule has 3 N–H and O–H groups in total. The number of nitrogens with zero attached hydrogens (tertiary/aromatic N) is 7. The first-order valence-electron chi connectivity index (χ1n) is 7.48. The Morgan fingerprint density at radius 3 is 2.63 bits per heavy atom. The Balaban J connectivity index is 1.76. The number of hydrogen-bond acceptors (Lipinski definition) is 10. The predicted molar refractivity (Wildman–Crippen MR) is 91.1 cm³/mol. The molecule has 0 bridgehead atoms. The minimum atomic E-state index is -0.602. The summed E-state index contributed by atoms with van der Waals surface area (Å²) in [6.07, 6.45) is 0. The number of nitrogen functional groups attached to an aromatic ring is 1. The Kier molecular flexibility index (Phi) is 4.57. The Hall–Kier alpha value is -4.16. The highest BCUT2D eigenvalue weighted by molar-refractivity contribution is 6.00. The van der Waals surface area contributed by atoms with E-state index in [1.54, 1.807) is 13.8 Å². The van der Waals surface area contributed by atoms with Gasteiger partial charge >= 0.3 is 0 Å². The van der Waals surface area contributed by atoms with Gasteiger partial charge in [0, 0.05) is 12.1 Å². The molecule has 0 aliphatic heterocycles. The minimum absolute atomic E-state index is 0.00185. The van der Waals surface area contributed by atoms with Gasteiger partial charge in [0.1, 0.15) is 0 Å². The van der Waals surface area contributed by atoms with Crippen molar-refractivity contribution >= 4 is 23.1 Å². The van der Waals surface area contributed by atoms with Crippen LogP contribution in [-0.2, 0) is 0 Å². The number of amides is 1. The average molecular weight is 371 g/mol. The van der Waals surface area contributed by atoms with Crippen molar-refractivity contribution in [2.75, 3.05) is 5.73 Å². The average Bonchev–Trinajstić information content (AvgIpc) is 3.24. The lowest BCUT2D eigenvalue weighted by Gasteiger charge is -2.02. The third-order valence-electron chi connectivity index (χ3n) is 3.63. The molecule has 27 heavy (non-hydrogen) atoms. The second-order valence-corrected chi connectivity index (χ2v) is 5.35. The molecular weight excluding hydrogens is 358 g/mol. The van der Waals surface area contributed by atoms with E-state index >= 15 is 0 Å². The van der Waals surface area contributed by atoms with Gasteiger partial charge in [0.25, 0.3) is 11.6 Å². The zero-order chi connectivity index (χ0) is 19.6. The molecule has 3 aromatic rings. The monoisotopic (exact) mass is 371 g/mol. The molecule has 0 fully saturated rings. The highest BCUT2D eigenvalue weighted by atomic mass is 16.6. The maximum absolute atomic E-state index is 12.3. The summed E-state index contributed by atoms with van der Waals surface area (Å²) in [6.45, 7) is 3.24. The molecule has 138 valence electrons. The standard InChI is InChI=1S/C14H13N9O4/c1-7(9-3-5-10(6-4-9)23(25)26)16-18-14(24)11-8(2)22(21-17-11)13-12(15)19-27-20-13/h3-6H,1-2H3,(H2,15,19)(H,18,24)/b16-7-. The number of rotatable bonds is 5. The first-order valence-corrected chi connectivity index (χ1v) is 7.48. The lowest BCUT2D eigenvalue weighted by Crippen LogP contribution is -2.21. The van der Waals surface area contributed by atoms with E-state index in [9.17, 15) is 14.9 Å². The van der Waals surface area contributed by atoms with Crippen LogP contribution in [0.4, 0.5) is 11.5 Å². The maximum atomic E-state index is 12.3. The van der Waals surface area contributed by atoms with Crippen molar-refractivity contribution in [2.24, 2.45) is 5.10 Å². The lowest BCUT2D eigenvalue weighted by atomic mass is 10.1. The molecule has 13 nitrogen and oxygen atoms in total. The van der Waals surface area contributed by atoms with E-state index in [0.717, 1.165) is 0 Å². The van der Waals surface area contributed by atoms with Gasteiger partial charge in [-0.2, -0.15) is 9.78 Å². The summed E-state index contributed by atoms with van der Waals surface area (Å²) in [6, 6.07) is 5.76. The number of non-ortho nitro benzene ring substituents is 1. The fourth-order valence-corrected chi connectivity index (χ4v) is 2.15. The fourth-order valence-electron chi connectivity index (χ4n) is 2.15. The third-order valence-corrected chi connectivity index (χ3v) is 3.63. The predicted octanol–water partition coefficient (Wildman–Crippen LogP) is 0.603. The number of nitro benzene ring substituents is 1. The van der Waals surface area contributed by atoms with Crippen molar-refractivity contribution in [1.82, 2.24) is 30.7 Å². The smallest absolute Gasteiger partial charge is 0.293 e. The number of anilines is 1. The molecule has 0 radical (unpaired) electrons. The van der Waals surface area contributed by atoms with Gasteiger partial charge in [-0.05, 0) is 41.9 Å². The van der Waals surface area contributed by atoms with Gasteiger partial charge in [0.15, 0.2) is 5.69 Å². The van der Waals surface area contributed by atoms with Crippen LogP contribution in [0.25, 0.3) is 5.82 Å². The fraction of sp³-hybridized carbons (Fsp3) is 0.143. The van der Waals surface area contributed by atoms with Gasteiger partial charge in [0.05, 0.1) is 16.3 Å². The summed E-state index contributed by atoms with van der Waals surface area (Å²) in [5.41, 5.74) is 9.35. The second-order valence-electron chi connectivity index (χ2n) is 5.35. The minimum Gasteiger partial charge on any atom is -0.378 e. The molecule has 2 aromatic heterocycles. The van der Waals surface area contributed by atoms with Crippen LogP contribution in [0, 0.1) is 17.0 Å². The van der Waals surface area contributed by atoms with Crippen LogP contribution in [0.1, 0.15) is 28.7 Å². The number of nitrogens with two attached hydrogens (primary N) is 1. The van der Waals surface area contributed by atoms with Crippen LogP contribution in [0.5, 0.6) is 0 Å². The normalized spacial score (nSPS) is 11.4. The van der Waals surface area contributed by atoms with Gasteiger partial charge in [0.2, 0.25) is 11.6 Å². The van der Waals surface area contributed by atoms with Gasteiger partial charge in [-0.25, -0.2) is 10.1 Å². The van der Waals surface area contributed by atoms with Crippen LogP contribution in [-0.4, -0.2) is 41.8 Å². The molecule has 2 heterocycles. The summed E-state index contributed by atoms with van der Waals surface area (Å²) < 4.78 is 5.71. The first-order chi connectivity index (χ1) is 12.9. The van der Waals surface area contributed by atoms with Crippen molar-refractivity contribution in [3.8, 4) is 5.82 Å². The van der Waals surface area contributed by atoms with Crippen LogP contribution in [0.15, 0.2) is 34.0 Å². The molecule has 0 aliphatic rings. The number of carbonyl (C=O) groups excluding carboxylic acids is 1. The van der Waals surface area contributed by atoms with Crippen LogP contribution >= 0.6 is 0 Å². The van der Waals surface area contributed by atoms with Crippen molar-refractivity contribution in [1.29, 1.82) is 0 Å². The van der Waals surface area contributed by atoms with Crippen molar-refractivity contribution < 1.29 is 14.3 Å². The lowest BCUT2D eigenvalue weighted by molar-refractivity contribution is -0.384. The molecule has 0 atom stereocenters. The van der Waals surface area contributed by atoms with E-state index in [2.05, 4.69) is 35.8 Å². The molecule has 1 amide bonds. The quantitative estimate of drug-likeness (QED) is 0.369. The number of hydrazone groups is 1. The largest absolute Gasteiger partial charge is 0.378 e. The summed E-state index contributed by atoms with van der Waals surface area (Å²) >= 11 is 0. The second kappa shape index (κ2) is 6.99. The van der Waals surface area contributed by atoms with Gasteiger partial charge < -0.3 is 5.73 Å². The number of benzene rings is 1. The molecule has 0 saturated heterocycles. The molecule has 0 aliphatic carbocycles. The van der Waals surface area contributed by atoms with E-state index in [4.69, 9.17) is 5.73 Å². The Bertz CT molecular complexity index is 1040. The van der Waals surface area contributed by atoms with Crippen LogP contribution in [0.2, 0.25) is 0 Å². The van der Waals surface area contributed by atoms with Crippen LogP contribution in [0.3, 0.4) is 0 Å². The number of hydrogen-bond donors (Lipinski definition) is 2. The maximum Gasteiger partial charge on any atom is 0.293 e. The van der Waals surface area contributed by atoms with E-state index in [-0.39, 0.29) is 23.0 Å². The number of aromatic nitrogens is 5. The van der Waals surface area contributed by atoms with Crippen molar-refractivity contribution in [3.63, 3.8) is 0 Å². The topological polar surface area (TPSA) is 180 Å². The third kappa shape index (κ3) is 3.46. The number of nitrogens with one attached hydrogen (secondary N) is 1. The van der Waals surface area contributed by atoms with Gasteiger partial charge in [-0.15, -0.1) is 5.10 Å². The SMILES string of the molecule is C/C(=N/NC(=O)c1nnn(-c2nonc2N)c1C)c1ccc([N+](=O)[O-])cc1. The van der Waals surface area contributed by atoms with E-state index in [1.807, 2.05) is 0 Å². The summed E-state index contributed by atoms with van der Waals surface area (Å²) in [5.74, 6) is -0.485. The van der Waals surface area contributed by atoms with Gasteiger partial charge in [-0.3, -0.25) is 14.9 Å². The summed E-state index contributed by atoms with van der Waals surface area (Å²) in [5, 5.41) is 29.3. The van der Waals surface area contributed by atoms with Crippen molar-refractivity contribution in [3.05, 3.63) is 51.3 Å². The van der Waals surface area contributed by atoms with E-state index in [0.29, 0.717) is 17.0 Å². The number of carbonyl (C=O) groups is 1. The summed E-state index contributed by atoms with van der Waals surface area (Å²) in [7, 11) is 0. The highest BCUT2D eigenvalue weighted by Crippen LogP contribution is 2.15. The van der Waals surface area contributed by atoms with E-state index in [1.165, 1.54) is 28.9 Å². The van der Waals surface area contributed by atoms with Crippen LogP contribution < -0.4 is 11.2 Å². The molecule has 0 spiro atoms. The zero-order valence-electron chi connectivity index (χ0n) is 14.2. The molecule has 3 rings (SSSR count). The van der Waals surface area contributed by atoms with E-state index < -0.39 is 10.8 Å². The van der Waals surface area contributed by atoms with Gasteiger partial charge in [-0.1, -0.05) is 5.21 Å². The molecule has 0 saturated carbocycles. The molecule has 0 unspecified atom stereocenters.